The maximum Gasteiger partial charge on any atom is 0.242 e. The van der Waals surface area contributed by atoms with Crippen molar-refractivity contribution in [2.24, 2.45) is 0 Å². The van der Waals surface area contributed by atoms with Gasteiger partial charge in [0.05, 0.1) is 41.6 Å². The number of nitrogens with zero attached hydrogens (tertiary/aromatic N) is 5. The van der Waals surface area contributed by atoms with Gasteiger partial charge in [-0.3, -0.25) is 19.6 Å². The number of carbonyl (C=O) groups excluding carboxylic acids is 1. The molecule has 3 aromatic heterocycles. The molecular formula is C34H38N8O. The minimum absolute atomic E-state index is 0.0705. The van der Waals surface area contributed by atoms with E-state index in [9.17, 15) is 4.79 Å². The highest BCUT2D eigenvalue weighted by Crippen LogP contribution is 2.30. The minimum atomic E-state index is -0.385. The van der Waals surface area contributed by atoms with Crippen LogP contribution >= 0.6 is 0 Å². The van der Waals surface area contributed by atoms with Crippen LogP contribution in [0, 0.1) is 0 Å². The number of benzene rings is 2. The van der Waals surface area contributed by atoms with Crippen molar-refractivity contribution in [3.8, 4) is 33.8 Å². The quantitative estimate of drug-likeness (QED) is 0.206. The Kier molecular flexibility index (Phi) is 8.18. The molecule has 1 saturated heterocycles. The average molecular weight is 575 g/mol. The molecule has 9 heteroatoms. The number of amides is 1. The van der Waals surface area contributed by atoms with Crippen molar-refractivity contribution in [2.45, 2.75) is 37.9 Å². The molecule has 3 N–H and O–H groups in total. The number of imidazole rings is 2. The first-order valence-corrected chi connectivity index (χ1v) is 14.8. The highest BCUT2D eigenvalue weighted by molar-refractivity contribution is 5.83. The van der Waals surface area contributed by atoms with Crippen molar-refractivity contribution in [1.82, 2.24) is 40.0 Å². The predicted octanol–water partition coefficient (Wildman–Crippen LogP) is 5.78. The van der Waals surface area contributed by atoms with Gasteiger partial charge in [-0.1, -0.05) is 54.6 Å². The summed E-state index contributed by atoms with van der Waals surface area (Å²) in [5.74, 6) is 1.66. The molecule has 0 saturated carbocycles. The van der Waals surface area contributed by atoms with E-state index in [0.717, 1.165) is 58.1 Å². The van der Waals surface area contributed by atoms with Crippen molar-refractivity contribution in [3.63, 3.8) is 0 Å². The third-order valence-corrected chi connectivity index (χ3v) is 8.24. The van der Waals surface area contributed by atoms with Gasteiger partial charge >= 0.3 is 0 Å². The first-order valence-electron chi connectivity index (χ1n) is 14.8. The Morgan fingerprint density at radius 2 is 1.58 bits per heavy atom. The summed E-state index contributed by atoms with van der Waals surface area (Å²) >= 11 is 0. The SMILES string of the molecule is C[C@H](NC(=O)[C@@H](c1ccccc1)N(C)C)c1ncc(-c2ccc(-c3ccc(-c4cnc([C@@H]5CCCN5C)[nH]4)cn3)cc2)[nH]1. The Morgan fingerprint density at radius 3 is 2.26 bits per heavy atom. The molecule has 9 nitrogen and oxygen atoms in total. The van der Waals surface area contributed by atoms with Gasteiger partial charge in [-0.25, -0.2) is 9.97 Å². The third-order valence-electron chi connectivity index (χ3n) is 8.24. The summed E-state index contributed by atoms with van der Waals surface area (Å²) in [6.45, 7) is 3.05. The molecule has 0 unspecified atom stereocenters. The number of likely N-dealkylation sites (N-methyl/N-ethyl adjacent to an activating group) is 1. The normalized spacial score (nSPS) is 16.8. The molecule has 6 rings (SSSR count). The molecule has 0 aliphatic carbocycles. The zero-order valence-corrected chi connectivity index (χ0v) is 25.1. The van der Waals surface area contributed by atoms with Crippen LogP contribution in [0.5, 0.6) is 0 Å². The zero-order valence-electron chi connectivity index (χ0n) is 25.1. The molecule has 4 heterocycles. The van der Waals surface area contributed by atoms with Crippen LogP contribution in [0.3, 0.4) is 0 Å². The summed E-state index contributed by atoms with van der Waals surface area (Å²) in [6.07, 6.45) is 7.95. The van der Waals surface area contributed by atoms with E-state index < -0.39 is 0 Å². The van der Waals surface area contributed by atoms with Gasteiger partial charge in [-0.2, -0.15) is 0 Å². The second-order valence-electron chi connectivity index (χ2n) is 11.5. The van der Waals surface area contributed by atoms with Gasteiger partial charge in [0, 0.05) is 17.3 Å². The highest BCUT2D eigenvalue weighted by atomic mass is 16.2. The summed E-state index contributed by atoms with van der Waals surface area (Å²) in [6, 6.07) is 21.9. The van der Waals surface area contributed by atoms with E-state index in [4.69, 9.17) is 4.98 Å². The van der Waals surface area contributed by atoms with Gasteiger partial charge in [0.1, 0.15) is 17.7 Å². The Morgan fingerprint density at radius 1 is 0.884 bits per heavy atom. The number of aromatic nitrogens is 5. The summed E-state index contributed by atoms with van der Waals surface area (Å²) in [7, 11) is 5.97. The fourth-order valence-electron chi connectivity index (χ4n) is 5.84. The van der Waals surface area contributed by atoms with Crippen molar-refractivity contribution in [3.05, 3.63) is 103 Å². The Labute approximate surface area is 252 Å². The van der Waals surface area contributed by atoms with Crippen molar-refractivity contribution < 1.29 is 4.79 Å². The maximum atomic E-state index is 13.2. The summed E-state index contributed by atoms with van der Waals surface area (Å²) in [4.78, 5) is 38.3. The molecule has 0 radical (unpaired) electrons. The predicted molar refractivity (Wildman–Crippen MR) is 169 cm³/mol. The van der Waals surface area contributed by atoms with E-state index >= 15 is 0 Å². The number of likely N-dealkylation sites (tertiary alicyclic amines) is 1. The Hall–Kier alpha value is -4.60. The van der Waals surface area contributed by atoms with E-state index in [1.165, 1.54) is 6.42 Å². The molecule has 5 aromatic rings. The maximum absolute atomic E-state index is 13.2. The minimum Gasteiger partial charge on any atom is -0.345 e. The average Bonchev–Trinajstić information content (AvgIpc) is 3.79. The smallest absolute Gasteiger partial charge is 0.242 e. The summed E-state index contributed by atoms with van der Waals surface area (Å²) in [5, 5.41) is 3.11. The number of nitrogens with one attached hydrogen (secondary N) is 3. The van der Waals surface area contributed by atoms with E-state index in [2.05, 4.69) is 67.5 Å². The van der Waals surface area contributed by atoms with Gasteiger partial charge < -0.3 is 15.3 Å². The molecule has 2 aromatic carbocycles. The lowest BCUT2D eigenvalue weighted by Gasteiger charge is -2.25. The zero-order chi connectivity index (χ0) is 29.9. The number of hydrogen-bond donors (Lipinski definition) is 3. The van der Waals surface area contributed by atoms with Crippen molar-refractivity contribution >= 4 is 5.91 Å². The first kappa shape index (κ1) is 28.5. The first-order chi connectivity index (χ1) is 20.9. The fourth-order valence-corrected chi connectivity index (χ4v) is 5.84. The van der Waals surface area contributed by atoms with Crippen LogP contribution in [0.4, 0.5) is 0 Å². The van der Waals surface area contributed by atoms with Gasteiger partial charge in [0.25, 0.3) is 0 Å². The van der Waals surface area contributed by atoms with E-state index in [1.807, 2.05) is 80.9 Å². The van der Waals surface area contributed by atoms with Gasteiger partial charge in [0.15, 0.2) is 0 Å². The number of H-pyrrole nitrogens is 2. The highest BCUT2D eigenvalue weighted by Gasteiger charge is 2.26. The monoisotopic (exact) mass is 574 g/mol. The molecule has 43 heavy (non-hydrogen) atoms. The number of pyridine rings is 1. The Balaban J connectivity index is 1.10. The Bertz CT molecular complexity index is 1660. The third kappa shape index (κ3) is 6.14. The molecule has 1 amide bonds. The van der Waals surface area contributed by atoms with E-state index in [0.29, 0.717) is 11.9 Å². The van der Waals surface area contributed by atoms with Crippen LogP contribution in [0.15, 0.2) is 85.3 Å². The van der Waals surface area contributed by atoms with Crippen LogP contribution in [0.25, 0.3) is 33.8 Å². The van der Waals surface area contributed by atoms with Crippen LogP contribution in [0.1, 0.15) is 55.1 Å². The van der Waals surface area contributed by atoms with Gasteiger partial charge in [-0.05, 0) is 70.7 Å². The van der Waals surface area contributed by atoms with Crippen LogP contribution in [0.2, 0.25) is 0 Å². The van der Waals surface area contributed by atoms with E-state index in [1.54, 1.807) is 0 Å². The summed E-state index contributed by atoms with van der Waals surface area (Å²) < 4.78 is 0. The molecular weight excluding hydrogens is 536 g/mol. The second kappa shape index (κ2) is 12.3. The van der Waals surface area contributed by atoms with Crippen LogP contribution in [-0.4, -0.2) is 68.3 Å². The molecule has 1 fully saturated rings. The van der Waals surface area contributed by atoms with Gasteiger partial charge in [-0.15, -0.1) is 0 Å². The molecule has 0 bridgehead atoms. The lowest BCUT2D eigenvalue weighted by Crippen LogP contribution is -2.38. The molecule has 220 valence electrons. The molecule has 0 spiro atoms. The van der Waals surface area contributed by atoms with Gasteiger partial charge in [0.2, 0.25) is 5.91 Å². The van der Waals surface area contributed by atoms with E-state index in [-0.39, 0.29) is 18.0 Å². The largest absolute Gasteiger partial charge is 0.345 e. The lowest BCUT2D eigenvalue weighted by molar-refractivity contribution is -0.126. The molecule has 1 aliphatic heterocycles. The lowest BCUT2D eigenvalue weighted by atomic mass is 10.0. The van der Waals surface area contributed by atoms with Crippen molar-refractivity contribution in [2.75, 3.05) is 27.7 Å². The number of hydrogen-bond acceptors (Lipinski definition) is 6. The number of rotatable bonds is 9. The van der Waals surface area contributed by atoms with Crippen molar-refractivity contribution in [1.29, 1.82) is 0 Å². The van der Waals surface area contributed by atoms with Crippen LogP contribution in [-0.2, 0) is 4.79 Å². The topological polar surface area (TPSA) is 106 Å². The van der Waals surface area contributed by atoms with Crippen LogP contribution < -0.4 is 5.32 Å². The molecule has 3 atom stereocenters. The fraction of sp³-hybridized carbons (Fsp3) is 0.294. The standard InChI is InChI=1S/C34H38N8O/c1-22(38-34(43)31(41(2)3)25-9-6-5-7-10-25)32-36-20-28(39-32)24-14-12-23(13-15-24)27-17-16-26(19-35-27)29-21-37-33(40-29)30-11-8-18-42(30)4/h5-7,9-10,12-17,19-22,30-31H,8,11,18H2,1-4H3,(H,36,39)(H,37,40)(H,38,43)/t22-,30-,31+/m0/s1. The second-order valence-corrected chi connectivity index (χ2v) is 11.5. The molecule has 1 aliphatic rings. The summed E-state index contributed by atoms with van der Waals surface area (Å²) in [5.41, 5.74) is 6.79. The number of carbonyl (C=O) groups is 1. The number of aromatic amines is 2.